The summed E-state index contributed by atoms with van der Waals surface area (Å²) in [5.41, 5.74) is 1.62. The number of benzene rings is 1. The second-order valence-electron chi connectivity index (χ2n) is 3.54. The highest BCUT2D eigenvalue weighted by Crippen LogP contribution is 2.17. The van der Waals surface area contributed by atoms with Crippen molar-refractivity contribution >= 4 is 17.7 Å². The van der Waals surface area contributed by atoms with Gasteiger partial charge in [-0.25, -0.2) is 4.79 Å². The molecule has 0 aliphatic rings. The highest BCUT2D eigenvalue weighted by molar-refractivity contribution is 6.31. The summed E-state index contributed by atoms with van der Waals surface area (Å²) >= 11 is 5.84. The van der Waals surface area contributed by atoms with E-state index in [1.54, 1.807) is 12.1 Å². The molecule has 0 heterocycles. The normalized spacial score (nSPS) is 10.2. The zero-order chi connectivity index (χ0) is 12.1. The molecule has 5 heteroatoms. The van der Waals surface area contributed by atoms with Crippen molar-refractivity contribution in [1.82, 2.24) is 4.90 Å². The Bertz CT molecular complexity index is 381. The van der Waals surface area contributed by atoms with Gasteiger partial charge < -0.3 is 15.1 Å². The SMILES string of the molecule is CN(CCc1ccc(Cl)c(CO)c1)C(=O)O. The zero-order valence-corrected chi connectivity index (χ0v) is 9.74. The molecule has 0 spiro atoms. The van der Waals surface area contributed by atoms with Crippen LogP contribution in [0.15, 0.2) is 18.2 Å². The van der Waals surface area contributed by atoms with Crippen molar-refractivity contribution in [2.75, 3.05) is 13.6 Å². The summed E-state index contributed by atoms with van der Waals surface area (Å²) in [6, 6.07) is 5.33. The second-order valence-corrected chi connectivity index (χ2v) is 3.95. The molecule has 0 fully saturated rings. The molecule has 0 aromatic heterocycles. The van der Waals surface area contributed by atoms with Crippen LogP contribution in [0.5, 0.6) is 0 Å². The summed E-state index contributed by atoms with van der Waals surface area (Å²) in [5.74, 6) is 0. The van der Waals surface area contributed by atoms with E-state index in [-0.39, 0.29) is 6.61 Å². The van der Waals surface area contributed by atoms with Crippen molar-refractivity contribution in [2.24, 2.45) is 0 Å². The van der Waals surface area contributed by atoms with E-state index in [0.717, 1.165) is 5.56 Å². The first kappa shape index (κ1) is 12.8. The van der Waals surface area contributed by atoms with Gasteiger partial charge in [-0.05, 0) is 23.6 Å². The standard InChI is InChI=1S/C11H14ClNO3/c1-13(11(15)16)5-4-8-2-3-10(12)9(6-8)7-14/h2-3,6,14H,4-5,7H2,1H3,(H,15,16). The first-order valence-electron chi connectivity index (χ1n) is 4.87. The molecule has 0 unspecified atom stereocenters. The van der Waals surface area contributed by atoms with E-state index in [9.17, 15) is 4.79 Å². The number of nitrogens with zero attached hydrogens (tertiary/aromatic N) is 1. The lowest BCUT2D eigenvalue weighted by Gasteiger charge is -2.13. The number of carbonyl (C=O) groups is 1. The van der Waals surface area contributed by atoms with Gasteiger partial charge in [0.25, 0.3) is 0 Å². The molecule has 0 radical (unpaired) electrons. The maximum Gasteiger partial charge on any atom is 0.407 e. The Kier molecular flexibility index (Phi) is 4.58. The van der Waals surface area contributed by atoms with E-state index >= 15 is 0 Å². The lowest BCUT2D eigenvalue weighted by molar-refractivity contribution is 0.156. The Hall–Kier alpha value is -1.26. The van der Waals surface area contributed by atoms with Crippen LogP contribution < -0.4 is 0 Å². The van der Waals surface area contributed by atoms with Crippen LogP contribution >= 0.6 is 11.6 Å². The molecule has 1 aromatic rings. The van der Waals surface area contributed by atoms with E-state index in [4.69, 9.17) is 21.8 Å². The number of halogens is 1. The number of rotatable bonds is 4. The maximum atomic E-state index is 10.6. The van der Waals surface area contributed by atoms with Crippen molar-refractivity contribution in [3.63, 3.8) is 0 Å². The van der Waals surface area contributed by atoms with Crippen molar-refractivity contribution in [3.8, 4) is 0 Å². The Morgan fingerprint density at radius 1 is 1.50 bits per heavy atom. The van der Waals surface area contributed by atoms with Gasteiger partial charge in [0.15, 0.2) is 0 Å². The Labute approximate surface area is 99.1 Å². The van der Waals surface area contributed by atoms with Crippen LogP contribution in [0.4, 0.5) is 4.79 Å². The lowest BCUT2D eigenvalue weighted by Crippen LogP contribution is -2.26. The molecule has 2 N–H and O–H groups in total. The highest BCUT2D eigenvalue weighted by atomic mass is 35.5. The van der Waals surface area contributed by atoms with Gasteiger partial charge in [0.1, 0.15) is 0 Å². The predicted molar refractivity (Wildman–Crippen MR) is 61.7 cm³/mol. The maximum absolute atomic E-state index is 10.6. The molecule has 1 amide bonds. The number of amides is 1. The first-order valence-corrected chi connectivity index (χ1v) is 5.24. The number of hydrogen-bond donors (Lipinski definition) is 2. The van der Waals surface area contributed by atoms with E-state index < -0.39 is 6.09 Å². The monoisotopic (exact) mass is 243 g/mol. The van der Waals surface area contributed by atoms with Gasteiger partial charge in [0, 0.05) is 18.6 Å². The molecule has 4 nitrogen and oxygen atoms in total. The van der Waals surface area contributed by atoms with Crippen LogP contribution in [0.25, 0.3) is 0 Å². The van der Waals surface area contributed by atoms with Crippen LogP contribution in [0.3, 0.4) is 0 Å². The molecular weight excluding hydrogens is 230 g/mol. The largest absolute Gasteiger partial charge is 0.465 e. The minimum atomic E-state index is -0.948. The molecule has 16 heavy (non-hydrogen) atoms. The summed E-state index contributed by atoms with van der Waals surface area (Å²) in [4.78, 5) is 11.8. The van der Waals surface area contributed by atoms with Gasteiger partial charge in [0.2, 0.25) is 0 Å². The van der Waals surface area contributed by atoms with Gasteiger partial charge in [-0.1, -0.05) is 23.7 Å². The van der Waals surface area contributed by atoms with Crippen LogP contribution in [0.1, 0.15) is 11.1 Å². The molecule has 0 aliphatic carbocycles. The molecule has 0 saturated heterocycles. The van der Waals surface area contributed by atoms with Crippen molar-refractivity contribution in [3.05, 3.63) is 34.3 Å². The van der Waals surface area contributed by atoms with Crippen LogP contribution in [-0.4, -0.2) is 34.8 Å². The summed E-state index contributed by atoms with van der Waals surface area (Å²) in [6.07, 6.45) is -0.344. The Morgan fingerprint density at radius 3 is 2.75 bits per heavy atom. The van der Waals surface area contributed by atoms with E-state index in [2.05, 4.69) is 0 Å². The van der Waals surface area contributed by atoms with Crippen LogP contribution in [0.2, 0.25) is 5.02 Å². The molecular formula is C11H14ClNO3. The second kappa shape index (κ2) is 5.72. The molecule has 88 valence electrons. The van der Waals surface area contributed by atoms with Crippen molar-refractivity contribution in [1.29, 1.82) is 0 Å². The quantitative estimate of drug-likeness (QED) is 0.850. The zero-order valence-electron chi connectivity index (χ0n) is 8.98. The van der Waals surface area contributed by atoms with Crippen molar-refractivity contribution in [2.45, 2.75) is 13.0 Å². The lowest BCUT2D eigenvalue weighted by atomic mass is 10.1. The molecule has 0 saturated carbocycles. The third-order valence-corrected chi connectivity index (χ3v) is 2.71. The molecule has 0 bridgehead atoms. The molecule has 1 aromatic carbocycles. The number of hydrogen-bond acceptors (Lipinski definition) is 2. The average molecular weight is 244 g/mol. The van der Waals surface area contributed by atoms with Crippen molar-refractivity contribution < 1.29 is 15.0 Å². The third-order valence-electron chi connectivity index (χ3n) is 2.34. The fourth-order valence-electron chi connectivity index (χ4n) is 1.30. The number of aliphatic hydroxyl groups excluding tert-OH is 1. The number of aliphatic hydroxyl groups is 1. The average Bonchev–Trinajstić information content (AvgIpc) is 2.27. The van der Waals surface area contributed by atoms with Crippen LogP contribution in [-0.2, 0) is 13.0 Å². The Balaban J connectivity index is 2.64. The molecule has 0 aliphatic heterocycles. The fourth-order valence-corrected chi connectivity index (χ4v) is 1.47. The van der Waals surface area contributed by atoms with E-state index in [1.165, 1.54) is 11.9 Å². The molecule has 1 rings (SSSR count). The summed E-state index contributed by atoms with van der Waals surface area (Å²) in [5, 5.41) is 18.2. The third kappa shape index (κ3) is 3.40. The minimum absolute atomic E-state index is 0.110. The number of likely N-dealkylation sites (N-methyl/N-ethyl adjacent to an activating group) is 1. The number of carboxylic acid groups (broad SMARTS) is 1. The van der Waals surface area contributed by atoms with Crippen LogP contribution in [0, 0.1) is 0 Å². The summed E-state index contributed by atoms with van der Waals surface area (Å²) < 4.78 is 0. The van der Waals surface area contributed by atoms with E-state index in [1.807, 2.05) is 6.07 Å². The van der Waals surface area contributed by atoms with Gasteiger partial charge >= 0.3 is 6.09 Å². The topological polar surface area (TPSA) is 60.8 Å². The smallest absolute Gasteiger partial charge is 0.407 e. The van der Waals surface area contributed by atoms with Gasteiger partial charge in [-0.15, -0.1) is 0 Å². The first-order chi connectivity index (χ1) is 7.54. The van der Waals surface area contributed by atoms with E-state index in [0.29, 0.717) is 23.6 Å². The highest BCUT2D eigenvalue weighted by Gasteiger charge is 2.06. The Morgan fingerprint density at radius 2 is 2.19 bits per heavy atom. The van der Waals surface area contributed by atoms with Gasteiger partial charge in [-0.3, -0.25) is 0 Å². The molecule has 0 atom stereocenters. The minimum Gasteiger partial charge on any atom is -0.465 e. The summed E-state index contributed by atoms with van der Waals surface area (Å²) in [6.45, 7) is 0.309. The predicted octanol–water partition coefficient (Wildman–Crippen LogP) is 1.98. The fraction of sp³-hybridized carbons (Fsp3) is 0.364. The van der Waals surface area contributed by atoms with Gasteiger partial charge in [-0.2, -0.15) is 0 Å². The summed E-state index contributed by atoms with van der Waals surface area (Å²) in [7, 11) is 1.52. The van der Waals surface area contributed by atoms with Gasteiger partial charge in [0.05, 0.1) is 6.61 Å².